The first-order chi connectivity index (χ1) is 9.54. The van der Waals surface area contributed by atoms with E-state index in [4.69, 9.17) is 5.26 Å². The lowest BCUT2D eigenvalue weighted by atomic mass is 10.1. The molecular formula is C14H10IN3O2. The zero-order valence-electron chi connectivity index (χ0n) is 10.6. The summed E-state index contributed by atoms with van der Waals surface area (Å²) in [5.74, 6) is 0. The Morgan fingerprint density at radius 2 is 1.95 bits per heavy atom. The number of benzene rings is 2. The fraction of sp³-hybridized carbons (Fsp3) is 0.0714. The number of non-ortho nitro benzene ring substituents is 1. The Labute approximate surface area is 129 Å². The summed E-state index contributed by atoms with van der Waals surface area (Å²) >= 11 is 2.06. The van der Waals surface area contributed by atoms with Gasteiger partial charge in [-0.25, -0.2) is 0 Å². The molecule has 0 spiro atoms. The van der Waals surface area contributed by atoms with Crippen LogP contribution in [-0.4, -0.2) is 12.0 Å². The predicted molar refractivity (Wildman–Crippen MR) is 85.0 cm³/mol. The third kappa shape index (κ3) is 2.72. The lowest BCUT2D eigenvalue weighted by Crippen LogP contribution is -2.12. The molecule has 0 heterocycles. The zero-order valence-corrected chi connectivity index (χ0v) is 12.7. The van der Waals surface area contributed by atoms with Crippen molar-refractivity contribution in [2.45, 2.75) is 0 Å². The van der Waals surface area contributed by atoms with Gasteiger partial charge in [-0.1, -0.05) is 12.1 Å². The van der Waals surface area contributed by atoms with Gasteiger partial charge in [0.15, 0.2) is 0 Å². The van der Waals surface area contributed by atoms with Crippen LogP contribution in [0.4, 0.5) is 17.1 Å². The summed E-state index contributed by atoms with van der Waals surface area (Å²) < 4.78 is 0.757. The molecule has 20 heavy (non-hydrogen) atoms. The SMILES string of the molecule is CN(c1ccc([N+](=O)[O-])cc1I)c1ccccc1C#N. The minimum atomic E-state index is -0.421. The van der Waals surface area contributed by atoms with E-state index >= 15 is 0 Å². The highest BCUT2D eigenvalue weighted by Gasteiger charge is 2.14. The number of nitro benzene ring substituents is 1. The van der Waals surface area contributed by atoms with Crippen molar-refractivity contribution in [3.8, 4) is 6.07 Å². The molecule has 0 aliphatic rings. The molecule has 100 valence electrons. The van der Waals surface area contributed by atoms with Gasteiger partial charge in [0.1, 0.15) is 6.07 Å². The molecule has 0 bridgehead atoms. The summed E-state index contributed by atoms with van der Waals surface area (Å²) in [5.41, 5.74) is 2.20. The fourth-order valence-electron chi connectivity index (χ4n) is 1.87. The summed E-state index contributed by atoms with van der Waals surface area (Å²) in [5, 5.41) is 19.9. The van der Waals surface area contributed by atoms with Gasteiger partial charge in [-0.3, -0.25) is 10.1 Å². The van der Waals surface area contributed by atoms with E-state index in [1.54, 1.807) is 18.2 Å². The van der Waals surface area contributed by atoms with Gasteiger partial charge in [0.25, 0.3) is 5.69 Å². The Morgan fingerprint density at radius 3 is 2.55 bits per heavy atom. The lowest BCUT2D eigenvalue weighted by Gasteiger charge is -2.21. The monoisotopic (exact) mass is 379 g/mol. The van der Waals surface area contributed by atoms with Crippen LogP contribution < -0.4 is 4.90 Å². The Balaban J connectivity index is 2.46. The van der Waals surface area contributed by atoms with Crippen molar-refractivity contribution in [3.63, 3.8) is 0 Å². The first kappa shape index (κ1) is 14.3. The van der Waals surface area contributed by atoms with Gasteiger partial charge in [0.05, 0.1) is 21.9 Å². The molecule has 0 atom stereocenters. The van der Waals surface area contributed by atoms with Crippen LogP contribution in [0.2, 0.25) is 0 Å². The molecule has 5 nitrogen and oxygen atoms in total. The van der Waals surface area contributed by atoms with E-state index in [0.717, 1.165) is 14.9 Å². The van der Waals surface area contributed by atoms with Crippen molar-refractivity contribution in [3.05, 3.63) is 61.7 Å². The molecule has 0 unspecified atom stereocenters. The Morgan fingerprint density at radius 1 is 1.25 bits per heavy atom. The standard InChI is InChI=1S/C14H10IN3O2/c1-17(13-5-3-2-4-10(13)9-16)14-7-6-11(18(19)20)8-12(14)15/h2-8H,1H3. The van der Waals surface area contributed by atoms with Gasteiger partial charge in [-0.15, -0.1) is 0 Å². The maximum Gasteiger partial charge on any atom is 0.270 e. The average Bonchev–Trinajstić information content (AvgIpc) is 2.46. The van der Waals surface area contributed by atoms with Crippen molar-refractivity contribution < 1.29 is 4.92 Å². The Bertz CT molecular complexity index is 710. The van der Waals surface area contributed by atoms with Crippen LogP contribution in [0.15, 0.2) is 42.5 Å². The molecule has 0 aliphatic heterocycles. The Hall–Kier alpha value is -2.14. The van der Waals surface area contributed by atoms with E-state index < -0.39 is 4.92 Å². The van der Waals surface area contributed by atoms with Crippen molar-refractivity contribution >= 4 is 39.7 Å². The van der Waals surface area contributed by atoms with Gasteiger partial charge in [0, 0.05) is 22.8 Å². The third-order valence-corrected chi connectivity index (χ3v) is 3.75. The number of hydrogen-bond acceptors (Lipinski definition) is 4. The highest BCUT2D eigenvalue weighted by Crippen LogP contribution is 2.32. The van der Waals surface area contributed by atoms with E-state index in [0.29, 0.717) is 5.56 Å². The average molecular weight is 379 g/mol. The van der Waals surface area contributed by atoms with Crippen LogP contribution in [0.5, 0.6) is 0 Å². The normalized spacial score (nSPS) is 9.85. The smallest absolute Gasteiger partial charge is 0.270 e. The highest BCUT2D eigenvalue weighted by molar-refractivity contribution is 14.1. The number of nitro groups is 1. The first-order valence-electron chi connectivity index (χ1n) is 5.71. The van der Waals surface area contributed by atoms with Crippen LogP contribution in [0.25, 0.3) is 0 Å². The molecule has 0 radical (unpaired) electrons. The third-order valence-electron chi connectivity index (χ3n) is 2.89. The highest BCUT2D eigenvalue weighted by atomic mass is 127. The number of nitriles is 1. The number of rotatable bonds is 3. The minimum Gasteiger partial charge on any atom is -0.343 e. The van der Waals surface area contributed by atoms with Gasteiger partial charge in [-0.05, 0) is 40.8 Å². The number of nitrogens with zero attached hydrogens (tertiary/aromatic N) is 3. The quantitative estimate of drug-likeness (QED) is 0.462. The second-order valence-corrected chi connectivity index (χ2v) is 5.24. The molecule has 0 aliphatic carbocycles. The van der Waals surface area contributed by atoms with Gasteiger partial charge in [0.2, 0.25) is 0 Å². The van der Waals surface area contributed by atoms with E-state index in [1.165, 1.54) is 12.1 Å². The summed E-state index contributed by atoms with van der Waals surface area (Å²) in [6.45, 7) is 0. The van der Waals surface area contributed by atoms with Gasteiger partial charge < -0.3 is 4.90 Å². The van der Waals surface area contributed by atoms with Crippen LogP contribution in [0.3, 0.4) is 0 Å². The van der Waals surface area contributed by atoms with Crippen LogP contribution in [0, 0.1) is 25.0 Å². The van der Waals surface area contributed by atoms with Gasteiger partial charge >= 0.3 is 0 Å². The topological polar surface area (TPSA) is 70.2 Å². The van der Waals surface area contributed by atoms with E-state index in [2.05, 4.69) is 28.7 Å². The molecule has 2 aromatic carbocycles. The van der Waals surface area contributed by atoms with Gasteiger partial charge in [-0.2, -0.15) is 5.26 Å². The van der Waals surface area contributed by atoms with Crippen molar-refractivity contribution in [2.24, 2.45) is 0 Å². The van der Waals surface area contributed by atoms with Crippen molar-refractivity contribution in [1.82, 2.24) is 0 Å². The van der Waals surface area contributed by atoms with E-state index in [1.807, 2.05) is 24.1 Å². The summed E-state index contributed by atoms with van der Waals surface area (Å²) in [4.78, 5) is 12.2. The molecule has 2 rings (SSSR count). The molecule has 0 N–H and O–H groups in total. The summed E-state index contributed by atoms with van der Waals surface area (Å²) in [7, 11) is 1.83. The minimum absolute atomic E-state index is 0.0557. The zero-order chi connectivity index (χ0) is 14.7. The second-order valence-electron chi connectivity index (χ2n) is 4.08. The lowest BCUT2D eigenvalue weighted by molar-refractivity contribution is -0.384. The maximum atomic E-state index is 10.8. The van der Waals surface area contributed by atoms with Crippen molar-refractivity contribution in [1.29, 1.82) is 5.26 Å². The Kier molecular flexibility index (Phi) is 4.20. The van der Waals surface area contributed by atoms with E-state index in [-0.39, 0.29) is 5.69 Å². The number of para-hydroxylation sites is 1. The summed E-state index contributed by atoms with van der Waals surface area (Å²) in [6, 6.07) is 14.0. The molecular weight excluding hydrogens is 369 g/mol. The van der Waals surface area contributed by atoms with Crippen LogP contribution >= 0.6 is 22.6 Å². The molecule has 0 amide bonds. The molecule has 6 heteroatoms. The second kappa shape index (κ2) is 5.88. The van der Waals surface area contributed by atoms with Crippen LogP contribution in [-0.2, 0) is 0 Å². The summed E-state index contributed by atoms with van der Waals surface area (Å²) in [6.07, 6.45) is 0. The fourth-order valence-corrected chi connectivity index (χ4v) is 2.73. The predicted octanol–water partition coefficient (Wildman–Crippen LogP) is 3.84. The molecule has 0 fully saturated rings. The molecule has 2 aromatic rings. The number of anilines is 2. The molecule has 0 saturated carbocycles. The first-order valence-corrected chi connectivity index (χ1v) is 6.79. The van der Waals surface area contributed by atoms with Crippen molar-refractivity contribution in [2.75, 3.05) is 11.9 Å². The molecule has 0 aromatic heterocycles. The largest absolute Gasteiger partial charge is 0.343 e. The maximum absolute atomic E-state index is 10.8. The van der Waals surface area contributed by atoms with Crippen LogP contribution in [0.1, 0.15) is 5.56 Å². The number of hydrogen-bond donors (Lipinski definition) is 0. The van der Waals surface area contributed by atoms with E-state index in [9.17, 15) is 10.1 Å². The number of halogens is 1. The molecule has 0 saturated heterocycles.